The molecule has 1 aliphatic heterocycles. The van der Waals surface area contributed by atoms with Gasteiger partial charge in [-0.1, -0.05) is 26.0 Å². The Morgan fingerprint density at radius 3 is 2.56 bits per heavy atom. The summed E-state index contributed by atoms with van der Waals surface area (Å²) >= 11 is 0. The Hall–Kier alpha value is -2.40. The van der Waals surface area contributed by atoms with Crippen molar-refractivity contribution in [3.8, 4) is 11.5 Å². The molecule has 25 heavy (non-hydrogen) atoms. The predicted molar refractivity (Wildman–Crippen MR) is 101 cm³/mol. The van der Waals surface area contributed by atoms with Crippen LogP contribution in [-0.2, 0) is 5.41 Å². The lowest BCUT2D eigenvalue weighted by atomic mass is 9.84. The molecule has 0 aliphatic carbocycles. The number of amides is 1. The Bertz CT molecular complexity index is 762. The monoisotopic (exact) mass is 362 g/mol. The van der Waals surface area contributed by atoms with Crippen LogP contribution in [-0.4, -0.2) is 25.7 Å². The average Bonchev–Trinajstić information content (AvgIpc) is 2.59. The molecular formula is C19H23ClN2O3. The Kier molecular flexibility index (Phi) is 5.80. The topological polar surface area (TPSA) is 73.6 Å². The Morgan fingerprint density at radius 2 is 1.84 bits per heavy atom. The summed E-state index contributed by atoms with van der Waals surface area (Å²) in [6, 6.07) is 12.9. The summed E-state index contributed by atoms with van der Waals surface area (Å²) in [5.41, 5.74) is 7.71. The van der Waals surface area contributed by atoms with Gasteiger partial charge in [0.2, 0.25) is 0 Å². The van der Waals surface area contributed by atoms with E-state index in [9.17, 15) is 4.79 Å². The molecule has 0 unspecified atom stereocenters. The molecule has 0 spiro atoms. The fourth-order valence-electron chi connectivity index (χ4n) is 2.65. The molecule has 0 bridgehead atoms. The van der Waals surface area contributed by atoms with E-state index in [0.717, 1.165) is 17.1 Å². The van der Waals surface area contributed by atoms with Crippen molar-refractivity contribution >= 4 is 24.0 Å². The second-order valence-electron chi connectivity index (χ2n) is 6.55. The zero-order valence-corrected chi connectivity index (χ0v) is 15.2. The first-order valence-corrected chi connectivity index (χ1v) is 7.99. The number of hydrogen-bond donors (Lipinski definition) is 2. The predicted octanol–water partition coefficient (Wildman–Crippen LogP) is 3.17. The summed E-state index contributed by atoms with van der Waals surface area (Å²) in [7, 11) is 0. The van der Waals surface area contributed by atoms with Gasteiger partial charge in [0.15, 0.2) is 11.5 Å². The number of nitrogens with two attached hydrogens (primary N) is 1. The summed E-state index contributed by atoms with van der Waals surface area (Å²) in [6.45, 7) is 5.80. The molecule has 0 saturated carbocycles. The third-order valence-corrected chi connectivity index (χ3v) is 4.16. The molecule has 3 rings (SSSR count). The molecule has 0 saturated heterocycles. The van der Waals surface area contributed by atoms with Gasteiger partial charge in [-0.05, 0) is 35.9 Å². The number of benzene rings is 2. The van der Waals surface area contributed by atoms with Gasteiger partial charge in [-0.15, -0.1) is 12.4 Å². The van der Waals surface area contributed by atoms with Crippen LogP contribution < -0.4 is 20.5 Å². The molecule has 0 radical (unpaired) electrons. The Morgan fingerprint density at radius 1 is 1.12 bits per heavy atom. The summed E-state index contributed by atoms with van der Waals surface area (Å²) in [6.07, 6.45) is 0. The summed E-state index contributed by atoms with van der Waals surface area (Å²) in [4.78, 5) is 12.3. The van der Waals surface area contributed by atoms with Gasteiger partial charge in [-0.2, -0.15) is 0 Å². The van der Waals surface area contributed by atoms with Crippen molar-refractivity contribution in [3.05, 3.63) is 53.6 Å². The molecule has 2 aromatic carbocycles. The Labute approximate surface area is 153 Å². The van der Waals surface area contributed by atoms with Crippen LogP contribution in [0.3, 0.4) is 0 Å². The number of anilines is 1. The average molecular weight is 363 g/mol. The van der Waals surface area contributed by atoms with Crippen LogP contribution in [0.15, 0.2) is 42.5 Å². The van der Waals surface area contributed by atoms with Crippen molar-refractivity contribution in [2.75, 3.05) is 25.5 Å². The van der Waals surface area contributed by atoms with Crippen LogP contribution in [0.25, 0.3) is 0 Å². The molecular weight excluding hydrogens is 340 g/mol. The highest BCUT2D eigenvalue weighted by molar-refractivity contribution is 5.95. The van der Waals surface area contributed by atoms with Gasteiger partial charge in [0.25, 0.3) is 5.91 Å². The van der Waals surface area contributed by atoms with Gasteiger partial charge in [-0.3, -0.25) is 4.79 Å². The maximum absolute atomic E-state index is 12.3. The van der Waals surface area contributed by atoms with Crippen molar-refractivity contribution in [1.82, 2.24) is 5.32 Å². The van der Waals surface area contributed by atoms with Gasteiger partial charge in [0.05, 0.1) is 0 Å². The first kappa shape index (κ1) is 18.9. The standard InChI is InChI=1S/C19H22N2O3.ClH/c1-19(2,12-21-18(22)13-4-3-5-15(20)10-13)14-6-7-16-17(11-14)24-9-8-23-16;/h3-7,10-11H,8-9,12,20H2,1-2H3,(H,21,22);1H. The van der Waals surface area contributed by atoms with E-state index in [1.807, 2.05) is 18.2 Å². The highest BCUT2D eigenvalue weighted by Crippen LogP contribution is 2.34. The lowest BCUT2D eigenvalue weighted by Gasteiger charge is -2.28. The summed E-state index contributed by atoms with van der Waals surface area (Å²) < 4.78 is 11.2. The van der Waals surface area contributed by atoms with E-state index in [0.29, 0.717) is 31.0 Å². The smallest absolute Gasteiger partial charge is 0.251 e. The maximum Gasteiger partial charge on any atom is 0.251 e. The van der Waals surface area contributed by atoms with Crippen molar-refractivity contribution < 1.29 is 14.3 Å². The minimum atomic E-state index is -0.244. The van der Waals surface area contributed by atoms with Crippen molar-refractivity contribution in [1.29, 1.82) is 0 Å². The van der Waals surface area contributed by atoms with Crippen LogP contribution in [0, 0.1) is 0 Å². The van der Waals surface area contributed by atoms with Crippen molar-refractivity contribution in [2.45, 2.75) is 19.3 Å². The first-order chi connectivity index (χ1) is 11.5. The number of rotatable bonds is 4. The number of fused-ring (bicyclic) bond motifs is 1. The number of nitrogen functional groups attached to an aromatic ring is 1. The summed E-state index contributed by atoms with van der Waals surface area (Å²) in [5.74, 6) is 1.39. The number of halogens is 1. The highest BCUT2D eigenvalue weighted by Gasteiger charge is 2.24. The van der Waals surface area contributed by atoms with Crippen LogP contribution in [0.5, 0.6) is 11.5 Å². The van der Waals surface area contributed by atoms with E-state index in [1.165, 1.54) is 0 Å². The third-order valence-electron chi connectivity index (χ3n) is 4.16. The minimum absolute atomic E-state index is 0. The molecule has 3 N–H and O–H groups in total. The molecule has 1 aliphatic rings. The van der Waals surface area contributed by atoms with Gasteiger partial charge >= 0.3 is 0 Å². The number of carbonyl (C=O) groups excluding carboxylic acids is 1. The zero-order valence-electron chi connectivity index (χ0n) is 14.4. The van der Waals surface area contributed by atoms with E-state index in [-0.39, 0.29) is 23.7 Å². The molecule has 2 aromatic rings. The number of nitrogens with one attached hydrogen (secondary N) is 1. The second kappa shape index (κ2) is 7.66. The molecule has 6 heteroatoms. The number of hydrogen-bond acceptors (Lipinski definition) is 4. The quantitative estimate of drug-likeness (QED) is 0.819. The van der Waals surface area contributed by atoms with E-state index in [4.69, 9.17) is 15.2 Å². The SMILES string of the molecule is CC(C)(CNC(=O)c1cccc(N)c1)c1ccc2c(c1)OCCO2.Cl. The maximum atomic E-state index is 12.3. The lowest BCUT2D eigenvalue weighted by molar-refractivity contribution is 0.0945. The van der Waals surface area contributed by atoms with Gasteiger partial charge in [-0.25, -0.2) is 0 Å². The van der Waals surface area contributed by atoms with Gasteiger partial charge in [0.1, 0.15) is 13.2 Å². The fourth-order valence-corrected chi connectivity index (χ4v) is 2.65. The first-order valence-electron chi connectivity index (χ1n) is 7.99. The molecule has 0 atom stereocenters. The normalized spacial score (nSPS) is 12.9. The van der Waals surface area contributed by atoms with Crippen molar-refractivity contribution in [3.63, 3.8) is 0 Å². The molecule has 1 heterocycles. The highest BCUT2D eigenvalue weighted by atomic mass is 35.5. The van der Waals surface area contributed by atoms with Crippen LogP contribution in [0.2, 0.25) is 0 Å². The largest absolute Gasteiger partial charge is 0.486 e. The molecule has 0 aromatic heterocycles. The summed E-state index contributed by atoms with van der Waals surface area (Å²) in [5, 5.41) is 2.98. The Balaban J connectivity index is 0.00000225. The minimum Gasteiger partial charge on any atom is -0.486 e. The zero-order chi connectivity index (χ0) is 17.2. The van der Waals surface area contributed by atoms with Gasteiger partial charge in [0, 0.05) is 23.2 Å². The van der Waals surface area contributed by atoms with E-state index < -0.39 is 0 Å². The van der Waals surface area contributed by atoms with Crippen molar-refractivity contribution in [2.24, 2.45) is 0 Å². The van der Waals surface area contributed by atoms with Crippen LogP contribution >= 0.6 is 12.4 Å². The molecule has 1 amide bonds. The third kappa shape index (κ3) is 4.37. The molecule has 0 fully saturated rings. The van der Waals surface area contributed by atoms with E-state index >= 15 is 0 Å². The number of carbonyl (C=O) groups is 1. The van der Waals surface area contributed by atoms with Crippen LogP contribution in [0.1, 0.15) is 29.8 Å². The van der Waals surface area contributed by atoms with E-state index in [2.05, 4.69) is 19.2 Å². The van der Waals surface area contributed by atoms with Gasteiger partial charge < -0.3 is 20.5 Å². The molecule has 134 valence electrons. The molecule has 5 nitrogen and oxygen atoms in total. The van der Waals surface area contributed by atoms with Crippen LogP contribution in [0.4, 0.5) is 5.69 Å². The lowest BCUT2D eigenvalue weighted by Crippen LogP contribution is -2.36. The number of ether oxygens (including phenoxy) is 2. The fraction of sp³-hybridized carbons (Fsp3) is 0.316. The van der Waals surface area contributed by atoms with E-state index in [1.54, 1.807) is 24.3 Å². The second-order valence-corrected chi connectivity index (χ2v) is 6.55.